The standard InChI is InChI=1S/C26H22N4O2/c1-18(32-21-14-12-19(16-27)13-15-21)26(31)29-28-17-23-22-10-6-7-11-24(22)30(2)25(23)20-8-4-3-5-9-20/h3-15,17-18H,1-2H3,(H,29,31)/b28-17+. The molecule has 32 heavy (non-hydrogen) atoms. The highest BCUT2D eigenvalue weighted by Crippen LogP contribution is 2.31. The smallest absolute Gasteiger partial charge is 0.280 e. The number of hydrogen-bond donors (Lipinski definition) is 1. The van der Waals surface area contributed by atoms with E-state index in [0.29, 0.717) is 11.3 Å². The zero-order valence-electron chi connectivity index (χ0n) is 17.8. The van der Waals surface area contributed by atoms with Crippen molar-refractivity contribution in [2.45, 2.75) is 13.0 Å². The van der Waals surface area contributed by atoms with E-state index in [1.54, 1.807) is 37.4 Å². The lowest BCUT2D eigenvalue weighted by Crippen LogP contribution is -2.33. The number of carbonyl (C=O) groups excluding carboxylic acids is 1. The fraction of sp³-hybridized carbons (Fsp3) is 0.115. The molecule has 0 fully saturated rings. The molecule has 1 unspecified atom stereocenters. The highest BCUT2D eigenvalue weighted by molar-refractivity contribution is 6.06. The molecule has 0 bridgehead atoms. The Balaban J connectivity index is 1.55. The molecule has 1 amide bonds. The predicted molar refractivity (Wildman–Crippen MR) is 125 cm³/mol. The van der Waals surface area contributed by atoms with Crippen molar-refractivity contribution in [2.75, 3.05) is 0 Å². The van der Waals surface area contributed by atoms with Crippen LogP contribution in [0.1, 0.15) is 18.1 Å². The molecule has 3 aromatic carbocycles. The second-order valence-electron chi connectivity index (χ2n) is 7.33. The normalized spacial score (nSPS) is 11.9. The molecule has 0 aliphatic carbocycles. The van der Waals surface area contributed by atoms with Gasteiger partial charge in [-0.1, -0.05) is 48.5 Å². The van der Waals surface area contributed by atoms with Crippen LogP contribution >= 0.6 is 0 Å². The lowest BCUT2D eigenvalue weighted by atomic mass is 10.1. The minimum Gasteiger partial charge on any atom is -0.481 e. The Morgan fingerprint density at radius 3 is 2.47 bits per heavy atom. The molecule has 1 atom stereocenters. The number of benzene rings is 3. The molecule has 0 aliphatic rings. The molecular formula is C26H22N4O2. The number of nitrogens with zero attached hydrogens (tertiary/aromatic N) is 3. The third kappa shape index (κ3) is 4.23. The van der Waals surface area contributed by atoms with Crippen molar-refractivity contribution in [3.05, 3.63) is 90.0 Å². The number of ether oxygens (including phenoxy) is 1. The Bertz CT molecular complexity index is 1320. The maximum Gasteiger partial charge on any atom is 0.280 e. The summed E-state index contributed by atoms with van der Waals surface area (Å²) in [6, 6.07) is 26.8. The Morgan fingerprint density at radius 2 is 1.75 bits per heavy atom. The molecular weight excluding hydrogens is 400 g/mol. The van der Waals surface area contributed by atoms with E-state index in [4.69, 9.17) is 10.00 Å². The van der Waals surface area contributed by atoms with Gasteiger partial charge in [0.25, 0.3) is 5.91 Å². The first-order valence-corrected chi connectivity index (χ1v) is 10.2. The number of hydrogen-bond acceptors (Lipinski definition) is 4. The van der Waals surface area contributed by atoms with Gasteiger partial charge in [-0.3, -0.25) is 4.79 Å². The van der Waals surface area contributed by atoms with Gasteiger partial charge in [-0.15, -0.1) is 0 Å². The monoisotopic (exact) mass is 422 g/mol. The lowest BCUT2D eigenvalue weighted by molar-refractivity contribution is -0.127. The number of hydrazone groups is 1. The van der Waals surface area contributed by atoms with Crippen molar-refractivity contribution >= 4 is 23.0 Å². The summed E-state index contributed by atoms with van der Waals surface area (Å²) >= 11 is 0. The first kappa shape index (κ1) is 20.9. The molecule has 1 N–H and O–H groups in total. The SMILES string of the molecule is CC(Oc1ccc(C#N)cc1)C(=O)N/N=C/c1c(-c2ccccc2)n(C)c2ccccc12. The first-order valence-electron chi connectivity index (χ1n) is 10.2. The fourth-order valence-electron chi connectivity index (χ4n) is 3.62. The Kier molecular flexibility index (Phi) is 6.00. The van der Waals surface area contributed by atoms with Gasteiger partial charge in [0.15, 0.2) is 6.10 Å². The van der Waals surface area contributed by atoms with Gasteiger partial charge in [0, 0.05) is 23.5 Å². The van der Waals surface area contributed by atoms with Crippen molar-refractivity contribution in [1.82, 2.24) is 9.99 Å². The summed E-state index contributed by atoms with van der Waals surface area (Å²) in [5, 5.41) is 14.1. The summed E-state index contributed by atoms with van der Waals surface area (Å²) in [5.74, 6) is 0.142. The van der Waals surface area contributed by atoms with Crippen LogP contribution in [0.15, 0.2) is 84.0 Å². The van der Waals surface area contributed by atoms with E-state index in [2.05, 4.69) is 33.3 Å². The van der Waals surface area contributed by atoms with Crippen LogP contribution in [0, 0.1) is 11.3 Å². The van der Waals surface area contributed by atoms with Gasteiger partial charge in [0.1, 0.15) is 5.75 Å². The van der Waals surface area contributed by atoms with Crippen LogP contribution in [-0.2, 0) is 11.8 Å². The van der Waals surface area contributed by atoms with Gasteiger partial charge in [0.05, 0.1) is 23.5 Å². The Morgan fingerprint density at radius 1 is 1.06 bits per heavy atom. The first-order chi connectivity index (χ1) is 15.6. The number of rotatable bonds is 6. The lowest BCUT2D eigenvalue weighted by Gasteiger charge is -2.12. The van der Waals surface area contributed by atoms with Crippen LogP contribution in [0.25, 0.3) is 22.2 Å². The molecule has 0 saturated heterocycles. The molecule has 4 aromatic rings. The van der Waals surface area contributed by atoms with Crippen LogP contribution in [0.3, 0.4) is 0 Å². The van der Waals surface area contributed by atoms with Crippen molar-refractivity contribution in [3.63, 3.8) is 0 Å². The highest BCUT2D eigenvalue weighted by Gasteiger charge is 2.16. The fourth-order valence-corrected chi connectivity index (χ4v) is 3.62. The minimum atomic E-state index is -0.749. The van der Waals surface area contributed by atoms with Crippen LogP contribution in [0.4, 0.5) is 0 Å². The van der Waals surface area contributed by atoms with Gasteiger partial charge in [-0.05, 0) is 42.8 Å². The maximum atomic E-state index is 12.5. The summed E-state index contributed by atoms with van der Waals surface area (Å²) < 4.78 is 7.78. The molecule has 0 aliphatic heterocycles. The Hall–Kier alpha value is -4.37. The average molecular weight is 422 g/mol. The number of amides is 1. The third-order valence-corrected chi connectivity index (χ3v) is 5.23. The van der Waals surface area contributed by atoms with E-state index in [1.165, 1.54) is 0 Å². The number of nitrogens with one attached hydrogen (secondary N) is 1. The van der Waals surface area contributed by atoms with Gasteiger partial charge in [-0.2, -0.15) is 10.4 Å². The predicted octanol–water partition coefficient (Wildman–Crippen LogP) is 4.63. The van der Waals surface area contributed by atoms with Crippen LogP contribution in [-0.4, -0.2) is 22.8 Å². The van der Waals surface area contributed by atoms with E-state index in [0.717, 1.165) is 27.7 Å². The van der Waals surface area contributed by atoms with Crippen molar-refractivity contribution < 1.29 is 9.53 Å². The highest BCUT2D eigenvalue weighted by atomic mass is 16.5. The third-order valence-electron chi connectivity index (χ3n) is 5.23. The van der Waals surface area contributed by atoms with Gasteiger partial charge < -0.3 is 9.30 Å². The van der Waals surface area contributed by atoms with E-state index in [1.807, 2.05) is 49.5 Å². The van der Waals surface area contributed by atoms with Crippen LogP contribution in [0.5, 0.6) is 5.75 Å². The number of aromatic nitrogens is 1. The van der Waals surface area contributed by atoms with Crippen molar-refractivity contribution in [1.29, 1.82) is 5.26 Å². The second kappa shape index (κ2) is 9.19. The van der Waals surface area contributed by atoms with E-state index in [9.17, 15) is 4.79 Å². The van der Waals surface area contributed by atoms with Gasteiger partial charge >= 0.3 is 0 Å². The number of carbonyl (C=O) groups is 1. The summed E-state index contributed by atoms with van der Waals surface area (Å²) in [7, 11) is 2.02. The minimum absolute atomic E-state index is 0.368. The zero-order valence-corrected chi connectivity index (χ0v) is 17.8. The summed E-state index contributed by atoms with van der Waals surface area (Å²) in [4.78, 5) is 12.5. The quantitative estimate of drug-likeness (QED) is 0.363. The number of fused-ring (bicyclic) bond motifs is 1. The molecule has 4 rings (SSSR count). The summed E-state index contributed by atoms with van der Waals surface area (Å²) in [6.45, 7) is 1.65. The number of para-hydroxylation sites is 1. The van der Waals surface area contributed by atoms with Crippen LogP contribution in [0.2, 0.25) is 0 Å². The van der Waals surface area contributed by atoms with Crippen LogP contribution < -0.4 is 10.2 Å². The van der Waals surface area contributed by atoms with Crippen molar-refractivity contribution in [3.8, 4) is 23.1 Å². The van der Waals surface area contributed by atoms with E-state index >= 15 is 0 Å². The average Bonchev–Trinajstić information content (AvgIpc) is 3.11. The second-order valence-corrected chi connectivity index (χ2v) is 7.33. The number of nitriles is 1. The largest absolute Gasteiger partial charge is 0.481 e. The maximum absolute atomic E-state index is 12.5. The molecule has 1 aromatic heterocycles. The Labute approximate surface area is 186 Å². The van der Waals surface area contributed by atoms with E-state index in [-0.39, 0.29) is 5.91 Å². The summed E-state index contributed by atoms with van der Waals surface area (Å²) in [6.07, 6.45) is 0.929. The zero-order chi connectivity index (χ0) is 22.5. The molecule has 158 valence electrons. The molecule has 0 radical (unpaired) electrons. The molecule has 1 heterocycles. The molecule has 0 saturated carbocycles. The molecule has 0 spiro atoms. The van der Waals surface area contributed by atoms with Crippen molar-refractivity contribution in [2.24, 2.45) is 12.1 Å². The number of aryl methyl sites for hydroxylation is 1. The van der Waals surface area contributed by atoms with Gasteiger partial charge in [-0.25, -0.2) is 5.43 Å². The topological polar surface area (TPSA) is 79.4 Å². The summed E-state index contributed by atoms with van der Waals surface area (Å²) in [5.41, 5.74) is 7.19. The van der Waals surface area contributed by atoms with E-state index < -0.39 is 6.10 Å². The molecule has 6 heteroatoms. The molecule has 6 nitrogen and oxygen atoms in total. The van der Waals surface area contributed by atoms with Gasteiger partial charge in [0.2, 0.25) is 0 Å².